The predicted octanol–water partition coefficient (Wildman–Crippen LogP) is 11.9. The van der Waals surface area contributed by atoms with E-state index in [2.05, 4.69) is 140 Å². The first-order chi connectivity index (χ1) is 19.5. The van der Waals surface area contributed by atoms with Crippen LogP contribution in [-0.2, 0) is 4.79 Å². The monoisotopic (exact) mass is 548 g/mol. The van der Waals surface area contributed by atoms with Crippen LogP contribution in [0.1, 0.15) is 75.2 Å². The van der Waals surface area contributed by atoms with Crippen LogP contribution in [0.5, 0.6) is 0 Å². The maximum Gasteiger partial charge on any atom is 0.145 e. The molecule has 218 valence electrons. The number of carbonyl (C=O) groups excluding carboxylic acids is 1. The molecule has 0 bridgehead atoms. The molecule has 0 aromatic rings. The van der Waals surface area contributed by atoms with E-state index in [9.17, 15) is 4.79 Å². The van der Waals surface area contributed by atoms with Gasteiger partial charge in [0.05, 0.1) is 0 Å². The lowest BCUT2D eigenvalue weighted by Gasteiger charge is -1.96. The van der Waals surface area contributed by atoms with Gasteiger partial charge in [0.25, 0.3) is 0 Å². The second-order valence-corrected chi connectivity index (χ2v) is 10.6. The van der Waals surface area contributed by atoms with Crippen molar-refractivity contribution in [1.82, 2.24) is 0 Å². The minimum Gasteiger partial charge on any atom is -0.298 e. The molecule has 1 nitrogen and oxygen atoms in total. The molecule has 0 aliphatic rings. The fraction of sp³-hybridized carbons (Fsp3) is 0.275. The Kier molecular flexibility index (Phi) is 21.6. The van der Waals surface area contributed by atoms with E-state index in [1.54, 1.807) is 13.0 Å². The maximum atomic E-state index is 10.6. The third kappa shape index (κ3) is 24.8. The van der Waals surface area contributed by atoms with Gasteiger partial charge in [0, 0.05) is 0 Å². The highest BCUT2D eigenvalue weighted by Gasteiger charge is 1.87. The molecule has 0 fully saturated rings. The zero-order valence-corrected chi connectivity index (χ0v) is 26.9. The van der Waals surface area contributed by atoms with Crippen LogP contribution >= 0.6 is 0 Å². The van der Waals surface area contributed by atoms with E-state index in [1.165, 1.54) is 33.4 Å². The first-order valence-electron chi connectivity index (χ1n) is 14.4. The van der Waals surface area contributed by atoms with Crippen molar-refractivity contribution in [3.05, 3.63) is 166 Å². The van der Waals surface area contributed by atoms with Crippen molar-refractivity contribution in [3.8, 4) is 0 Å². The van der Waals surface area contributed by atoms with Gasteiger partial charge in [-0.05, 0) is 80.7 Å². The van der Waals surface area contributed by atoms with Gasteiger partial charge in [0.1, 0.15) is 6.29 Å². The van der Waals surface area contributed by atoms with Crippen LogP contribution < -0.4 is 0 Å². The van der Waals surface area contributed by atoms with Gasteiger partial charge in [-0.25, -0.2) is 0 Å². The number of rotatable bonds is 16. The average molecular weight is 549 g/mol. The van der Waals surface area contributed by atoms with Crippen LogP contribution in [0.15, 0.2) is 166 Å². The Hall–Kier alpha value is -3.97. The van der Waals surface area contributed by atoms with Gasteiger partial charge in [-0.15, -0.1) is 0 Å². The Morgan fingerprint density at radius 2 is 0.732 bits per heavy atom. The van der Waals surface area contributed by atoms with Gasteiger partial charge in [0.2, 0.25) is 0 Å². The molecule has 0 amide bonds. The fourth-order valence-corrected chi connectivity index (χ4v) is 3.17. The highest BCUT2D eigenvalue weighted by atomic mass is 16.1. The molecule has 0 atom stereocenters. The van der Waals surface area contributed by atoms with Crippen molar-refractivity contribution in [2.75, 3.05) is 0 Å². The predicted molar refractivity (Wildman–Crippen MR) is 186 cm³/mol. The van der Waals surface area contributed by atoms with Crippen LogP contribution in [-0.4, -0.2) is 6.29 Å². The first-order valence-corrected chi connectivity index (χ1v) is 14.4. The van der Waals surface area contributed by atoms with Crippen molar-refractivity contribution in [2.45, 2.75) is 75.2 Å². The molecule has 0 aromatic heterocycles. The third-order valence-electron chi connectivity index (χ3n) is 5.72. The quantitative estimate of drug-likeness (QED) is 0.0811. The van der Waals surface area contributed by atoms with Gasteiger partial charge in [-0.1, -0.05) is 161 Å². The largest absolute Gasteiger partial charge is 0.298 e. The molecular formula is C40H52O. The lowest BCUT2D eigenvalue weighted by Crippen LogP contribution is -1.76. The van der Waals surface area contributed by atoms with E-state index < -0.39 is 0 Å². The lowest BCUT2D eigenvalue weighted by molar-refractivity contribution is -0.104. The summed E-state index contributed by atoms with van der Waals surface area (Å²) < 4.78 is 0. The summed E-state index contributed by atoms with van der Waals surface area (Å²) in [5.74, 6) is 0. The zero-order valence-electron chi connectivity index (χ0n) is 26.9. The zero-order chi connectivity index (χ0) is 30.9. The molecule has 1 heteroatoms. The number of hydrogen-bond acceptors (Lipinski definition) is 1. The van der Waals surface area contributed by atoms with E-state index >= 15 is 0 Å². The fourth-order valence-electron chi connectivity index (χ4n) is 3.17. The van der Waals surface area contributed by atoms with E-state index in [1.807, 2.05) is 31.2 Å². The summed E-state index contributed by atoms with van der Waals surface area (Å²) in [4.78, 5) is 10.6. The Morgan fingerprint density at radius 3 is 1.07 bits per heavy atom. The van der Waals surface area contributed by atoms with Crippen LogP contribution in [0.3, 0.4) is 0 Å². The van der Waals surface area contributed by atoms with Crippen LogP contribution in [0.2, 0.25) is 0 Å². The smallest absolute Gasteiger partial charge is 0.145 e. The lowest BCUT2D eigenvalue weighted by atomic mass is 10.1. The van der Waals surface area contributed by atoms with Crippen LogP contribution in [0.4, 0.5) is 0 Å². The standard InChI is InChI=1S/C40H52O/c1-33(2)18-12-21-36(5)24-15-27-37(6)25-13-22-34(3)19-10-11-20-35(4)23-14-26-38(7)28-16-29-39(8)30-17-31-40(9)32-41/h10-11,13-20,22-32H,12,21H2,1-9H3/b11-10+,22-13+,23-14+,27-15+,28-16+,30-17+,34-19+,35-20+,36-24+,37-25+,38-26+,39-29+,40-31+. The Labute approximate surface area is 251 Å². The van der Waals surface area contributed by atoms with Crippen LogP contribution in [0.25, 0.3) is 0 Å². The second kappa shape index (κ2) is 23.9. The van der Waals surface area contributed by atoms with E-state index in [0.29, 0.717) is 5.57 Å². The highest BCUT2D eigenvalue weighted by molar-refractivity contribution is 5.72. The molecule has 0 saturated carbocycles. The molecule has 0 aliphatic heterocycles. The molecule has 0 aromatic carbocycles. The molecule has 0 saturated heterocycles. The van der Waals surface area contributed by atoms with Crippen molar-refractivity contribution in [3.63, 3.8) is 0 Å². The van der Waals surface area contributed by atoms with Gasteiger partial charge in [-0.3, -0.25) is 4.79 Å². The van der Waals surface area contributed by atoms with E-state index in [4.69, 9.17) is 0 Å². The van der Waals surface area contributed by atoms with Crippen LogP contribution in [0, 0.1) is 0 Å². The Bertz CT molecular complexity index is 1240. The summed E-state index contributed by atoms with van der Waals surface area (Å²) >= 11 is 0. The summed E-state index contributed by atoms with van der Waals surface area (Å²) in [6.07, 6.45) is 44.6. The molecule has 0 heterocycles. The number of aldehydes is 1. The van der Waals surface area contributed by atoms with Gasteiger partial charge in [0.15, 0.2) is 0 Å². The Morgan fingerprint density at radius 1 is 0.415 bits per heavy atom. The summed E-state index contributed by atoms with van der Waals surface area (Å²) in [5, 5.41) is 0. The molecule has 0 radical (unpaired) electrons. The minimum atomic E-state index is 0.710. The maximum absolute atomic E-state index is 10.6. The van der Waals surface area contributed by atoms with Crippen molar-refractivity contribution < 1.29 is 4.79 Å². The van der Waals surface area contributed by atoms with Gasteiger partial charge >= 0.3 is 0 Å². The number of hydrogen-bond donors (Lipinski definition) is 0. The summed E-state index contributed by atoms with van der Waals surface area (Å²) in [6, 6.07) is 0. The summed E-state index contributed by atoms with van der Waals surface area (Å²) in [5.41, 5.74) is 9.38. The molecule has 0 spiro atoms. The average Bonchev–Trinajstić information content (AvgIpc) is 2.90. The third-order valence-corrected chi connectivity index (χ3v) is 5.72. The minimum absolute atomic E-state index is 0.710. The SMILES string of the molecule is CC(C)=CCC/C(C)=C/C=C/C(C)=C/C=C/C(C)=C/C=C/C=C(C)/C=C/C=C(C)/C=C/C=C(C)/C=C/C=C(\C)C=O. The molecular weight excluding hydrogens is 496 g/mol. The van der Waals surface area contributed by atoms with Crippen molar-refractivity contribution >= 4 is 6.29 Å². The number of allylic oxidation sites excluding steroid dienone is 28. The van der Waals surface area contributed by atoms with E-state index in [0.717, 1.165) is 24.7 Å². The molecule has 41 heavy (non-hydrogen) atoms. The number of carbonyl (C=O) groups is 1. The van der Waals surface area contributed by atoms with E-state index in [-0.39, 0.29) is 0 Å². The first kappa shape index (κ1) is 37.0. The van der Waals surface area contributed by atoms with Gasteiger partial charge < -0.3 is 0 Å². The topological polar surface area (TPSA) is 17.1 Å². The summed E-state index contributed by atoms with van der Waals surface area (Å²) in [6.45, 7) is 18.7. The normalized spacial score (nSPS) is 15.7. The Balaban J connectivity index is 4.77. The molecule has 0 aliphatic carbocycles. The molecule has 0 N–H and O–H groups in total. The van der Waals surface area contributed by atoms with Crippen molar-refractivity contribution in [2.24, 2.45) is 0 Å². The summed E-state index contributed by atoms with van der Waals surface area (Å²) in [7, 11) is 0. The van der Waals surface area contributed by atoms with Crippen molar-refractivity contribution in [1.29, 1.82) is 0 Å². The van der Waals surface area contributed by atoms with Gasteiger partial charge in [-0.2, -0.15) is 0 Å². The molecule has 0 unspecified atom stereocenters. The second-order valence-electron chi connectivity index (χ2n) is 10.6. The highest BCUT2D eigenvalue weighted by Crippen LogP contribution is 2.08. The molecule has 0 rings (SSSR count).